The van der Waals surface area contributed by atoms with E-state index in [4.69, 9.17) is 10.3 Å². The van der Waals surface area contributed by atoms with E-state index in [9.17, 15) is 0 Å². The van der Waals surface area contributed by atoms with Crippen molar-refractivity contribution in [2.24, 2.45) is 5.73 Å². The molecule has 2 aromatic heterocycles. The summed E-state index contributed by atoms with van der Waals surface area (Å²) in [5.74, 6) is 0.834. The maximum Gasteiger partial charge on any atom is 0.133 e. The quantitative estimate of drug-likeness (QED) is 0.766. The first kappa shape index (κ1) is 11.0. The first-order chi connectivity index (χ1) is 8.78. The highest BCUT2D eigenvalue weighted by molar-refractivity contribution is 5.84. The van der Waals surface area contributed by atoms with E-state index in [1.807, 2.05) is 25.1 Å². The smallest absolute Gasteiger partial charge is 0.133 e. The third kappa shape index (κ3) is 1.80. The summed E-state index contributed by atoms with van der Waals surface area (Å²) in [6.07, 6.45) is 2.09. The van der Waals surface area contributed by atoms with E-state index in [0.717, 1.165) is 17.0 Å². The van der Waals surface area contributed by atoms with E-state index in [2.05, 4.69) is 28.1 Å². The van der Waals surface area contributed by atoms with Crippen LogP contribution in [0.25, 0.3) is 10.9 Å². The Morgan fingerprint density at radius 1 is 1.33 bits per heavy atom. The Labute approximate surface area is 105 Å². The van der Waals surface area contributed by atoms with Crippen molar-refractivity contribution in [2.45, 2.75) is 20.0 Å². The van der Waals surface area contributed by atoms with Crippen molar-refractivity contribution in [1.82, 2.24) is 9.72 Å². The van der Waals surface area contributed by atoms with E-state index in [1.54, 1.807) is 0 Å². The Morgan fingerprint density at radius 2 is 2.17 bits per heavy atom. The molecule has 3 aromatic rings. The van der Waals surface area contributed by atoms with Crippen molar-refractivity contribution in [3.63, 3.8) is 0 Å². The second-order valence-corrected chi connectivity index (χ2v) is 4.43. The van der Waals surface area contributed by atoms with Crippen LogP contribution in [0.3, 0.4) is 0 Å². The number of nitrogens with zero attached hydrogens (tertiary/aromatic N) is 2. The van der Waals surface area contributed by atoms with Crippen LogP contribution in [0.5, 0.6) is 0 Å². The zero-order chi connectivity index (χ0) is 12.5. The average molecular weight is 241 g/mol. The number of hydrogen-bond acceptors (Lipinski definition) is 3. The van der Waals surface area contributed by atoms with Gasteiger partial charge >= 0.3 is 0 Å². The summed E-state index contributed by atoms with van der Waals surface area (Å²) < 4.78 is 7.26. The summed E-state index contributed by atoms with van der Waals surface area (Å²) in [5.41, 5.74) is 9.04. The van der Waals surface area contributed by atoms with Gasteiger partial charge in [0.25, 0.3) is 0 Å². The molecule has 18 heavy (non-hydrogen) atoms. The Balaban J connectivity index is 2.06. The number of aryl methyl sites for hydroxylation is 1. The standard InChI is InChI=1S/C14H15N3O/c1-10-6-12(16-18-10)9-17-8-11(7-15)13-4-2-3-5-14(13)17/h2-6,8H,7,9,15H2,1H3. The molecule has 2 N–H and O–H groups in total. The van der Waals surface area contributed by atoms with Crippen molar-refractivity contribution in [1.29, 1.82) is 0 Å². The third-order valence-corrected chi connectivity index (χ3v) is 3.10. The molecule has 0 atom stereocenters. The molecular weight excluding hydrogens is 226 g/mol. The Kier molecular flexibility index (Phi) is 2.64. The van der Waals surface area contributed by atoms with Crippen molar-refractivity contribution in [3.8, 4) is 0 Å². The second kappa shape index (κ2) is 4.31. The lowest BCUT2D eigenvalue weighted by molar-refractivity contribution is 0.389. The first-order valence-electron chi connectivity index (χ1n) is 5.97. The molecule has 0 aliphatic carbocycles. The molecule has 1 aromatic carbocycles. The lowest BCUT2D eigenvalue weighted by Crippen LogP contribution is -1.98. The average Bonchev–Trinajstić information content (AvgIpc) is 2.95. The zero-order valence-corrected chi connectivity index (χ0v) is 10.3. The van der Waals surface area contributed by atoms with Gasteiger partial charge in [-0.15, -0.1) is 0 Å². The molecule has 92 valence electrons. The minimum atomic E-state index is 0.547. The topological polar surface area (TPSA) is 57.0 Å². The van der Waals surface area contributed by atoms with Gasteiger partial charge < -0.3 is 14.8 Å². The van der Waals surface area contributed by atoms with Gasteiger partial charge in [-0.05, 0) is 18.6 Å². The minimum Gasteiger partial charge on any atom is -0.361 e. The molecule has 2 heterocycles. The van der Waals surface area contributed by atoms with Gasteiger partial charge in [-0.3, -0.25) is 0 Å². The number of benzene rings is 1. The molecule has 3 rings (SSSR count). The van der Waals surface area contributed by atoms with E-state index >= 15 is 0 Å². The van der Waals surface area contributed by atoms with Crippen molar-refractivity contribution >= 4 is 10.9 Å². The Morgan fingerprint density at radius 3 is 2.89 bits per heavy atom. The summed E-state index contributed by atoms with van der Waals surface area (Å²) in [6, 6.07) is 10.2. The van der Waals surface area contributed by atoms with Crippen LogP contribution in [0.1, 0.15) is 17.0 Å². The van der Waals surface area contributed by atoms with Gasteiger partial charge in [-0.1, -0.05) is 23.4 Å². The maximum atomic E-state index is 5.78. The largest absolute Gasteiger partial charge is 0.361 e. The predicted octanol–water partition coefficient (Wildman–Crippen LogP) is 2.44. The van der Waals surface area contributed by atoms with Crippen LogP contribution >= 0.6 is 0 Å². The molecule has 0 saturated carbocycles. The van der Waals surface area contributed by atoms with Gasteiger partial charge in [-0.2, -0.15) is 0 Å². The van der Waals surface area contributed by atoms with Gasteiger partial charge in [-0.25, -0.2) is 0 Å². The maximum absolute atomic E-state index is 5.78. The van der Waals surface area contributed by atoms with Gasteiger partial charge in [0, 0.05) is 29.7 Å². The monoisotopic (exact) mass is 241 g/mol. The van der Waals surface area contributed by atoms with Crippen LogP contribution in [0.2, 0.25) is 0 Å². The van der Waals surface area contributed by atoms with Gasteiger partial charge in [0.2, 0.25) is 0 Å². The Bertz CT molecular complexity index is 681. The van der Waals surface area contributed by atoms with Crippen LogP contribution in [0, 0.1) is 6.92 Å². The van der Waals surface area contributed by atoms with E-state index in [1.165, 1.54) is 10.9 Å². The molecule has 0 amide bonds. The lowest BCUT2D eigenvalue weighted by Gasteiger charge is -2.01. The van der Waals surface area contributed by atoms with Crippen molar-refractivity contribution in [3.05, 3.63) is 53.5 Å². The van der Waals surface area contributed by atoms with Crippen LogP contribution in [0.15, 0.2) is 41.1 Å². The fourth-order valence-electron chi connectivity index (χ4n) is 2.28. The highest BCUT2D eigenvalue weighted by atomic mass is 16.5. The molecule has 4 heteroatoms. The number of nitrogens with two attached hydrogens (primary N) is 1. The molecular formula is C14H15N3O. The normalized spacial score (nSPS) is 11.2. The summed E-state index contributed by atoms with van der Waals surface area (Å²) in [6.45, 7) is 3.15. The molecule has 0 unspecified atom stereocenters. The van der Waals surface area contributed by atoms with Crippen LogP contribution in [-0.4, -0.2) is 9.72 Å². The molecule has 0 fully saturated rings. The zero-order valence-electron chi connectivity index (χ0n) is 10.3. The summed E-state index contributed by atoms with van der Waals surface area (Å²) >= 11 is 0. The first-order valence-corrected chi connectivity index (χ1v) is 5.97. The van der Waals surface area contributed by atoms with Gasteiger partial charge in [0.1, 0.15) is 11.5 Å². The van der Waals surface area contributed by atoms with E-state index in [0.29, 0.717) is 13.1 Å². The number of rotatable bonds is 3. The summed E-state index contributed by atoms with van der Waals surface area (Å²) in [4.78, 5) is 0. The van der Waals surface area contributed by atoms with E-state index in [-0.39, 0.29) is 0 Å². The number of aromatic nitrogens is 2. The third-order valence-electron chi connectivity index (χ3n) is 3.10. The molecule has 0 radical (unpaired) electrons. The highest BCUT2D eigenvalue weighted by Gasteiger charge is 2.08. The lowest BCUT2D eigenvalue weighted by atomic mass is 10.2. The summed E-state index contributed by atoms with van der Waals surface area (Å²) in [7, 11) is 0. The minimum absolute atomic E-state index is 0.547. The fourth-order valence-corrected chi connectivity index (χ4v) is 2.28. The molecule has 4 nitrogen and oxygen atoms in total. The molecule has 0 bridgehead atoms. The second-order valence-electron chi connectivity index (χ2n) is 4.43. The fraction of sp³-hybridized carbons (Fsp3) is 0.214. The predicted molar refractivity (Wildman–Crippen MR) is 70.2 cm³/mol. The van der Waals surface area contributed by atoms with Crippen LogP contribution in [0.4, 0.5) is 0 Å². The molecule has 0 aliphatic heterocycles. The van der Waals surface area contributed by atoms with Crippen LogP contribution in [-0.2, 0) is 13.1 Å². The molecule has 0 saturated heterocycles. The number of para-hydroxylation sites is 1. The highest BCUT2D eigenvalue weighted by Crippen LogP contribution is 2.21. The molecule has 0 aliphatic rings. The number of fused-ring (bicyclic) bond motifs is 1. The van der Waals surface area contributed by atoms with E-state index < -0.39 is 0 Å². The van der Waals surface area contributed by atoms with Gasteiger partial charge in [0.05, 0.1) is 6.54 Å². The van der Waals surface area contributed by atoms with Crippen LogP contribution < -0.4 is 5.73 Å². The van der Waals surface area contributed by atoms with Gasteiger partial charge in [0.15, 0.2) is 0 Å². The molecule has 0 spiro atoms. The SMILES string of the molecule is Cc1cc(Cn2cc(CN)c3ccccc32)no1. The van der Waals surface area contributed by atoms with Crippen molar-refractivity contribution < 1.29 is 4.52 Å². The van der Waals surface area contributed by atoms with Crippen molar-refractivity contribution in [2.75, 3.05) is 0 Å². The summed E-state index contributed by atoms with van der Waals surface area (Å²) in [5, 5.41) is 5.23. The Hall–Kier alpha value is -2.07. The number of hydrogen-bond donors (Lipinski definition) is 1.